The number of rotatable bonds is 4. The zero-order valence-corrected chi connectivity index (χ0v) is 8.57. The smallest absolute Gasteiger partial charge is 0.320 e. The van der Waals surface area contributed by atoms with Crippen LogP contribution in [0.2, 0.25) is 0 Å². The SMILES string of the molecule is CC(C)OC(=O)CN(C)C(C)C#N. The van der Waals surface area contributed by atoms with Gasteiger partial charge in [-0.05, 0) is 27.8 Å². The molecular weight excluding hydrogens is 168 g/mol. The summed E-state index contributed by atoms with van der Waals surface area (Å²) in [6.07, 6.45) is -0.0988. The van der Waals surface area contributed by atoms with E-state index in [0.717, 1.165) is 0 Å². The third-order valence-electron chi connectivity index (χ3n) is 1.59. The first-order valence-electron chi connectivity index (χ1n) is 4.26. The maximum Gasteiger partial charge on any atom is 0.320 e. The standard InChI is InChI=1S/C9H16N2O2/c1-7(2)13-9(12)6-11(4)8(3)5-10/h7-8H,6H2,1-4H3. The Morgan fingerprint density at radius 1 is 1.54 bits per heavy atom. The fourth-order valence-corrected chi connectivity index (χ4v) is 0.739. The van der Waals surface area contributed by atoms with Gasteiger partial charge in [0.1, 0.15) is 0 Å². The molecule has 0 heterocycles. The van der Waals surface area contributed by atoms with Crippen molar-refractivity contribution >= 4 is 5.97 Å². The summed E-state index contributed by atoms with van der Waals surface area (Å²) in [6.45, 7) is 5.49. The van der Waals surface area contributed by atoms with Gasteiger partial charge in [0.05, 0.1) is 24.8 Å². The summed E-state index contributed by atoms with van der Waals surface area (Å²) in [5, 5.41) is 8.56. The van der Waals surface area contributed by atoms with Crippen molar-refractivity contribution in [2.75, 3.05) is 13.6 Å². The van der Waals surface area contributed by atoms with Crippen molar-refractivity contribution in [1.29, 1.82) is 5.26 Å². The second kappa shape index (κ2) is 5.55. The molecule has 0 aromatic heterocycles. The summed E-state index contributed by atoms with van der Waals surface area (Å²) in [5.74, 6) is -0.292. The number of nitriles is 1. The highest BCUT2D eigenvalue weighted by atomic mass is 16.5. The summed E-state index contributed by atoms with van der Waals surface area (Å²) >= 11 is 0. The average Bonchev–Trinajstić information content (AvgIpc) is 2.01. The summed E-state index contributed by atoms with van der Waals surface area (Å²) < 4.78 is 4.93. The van der Waals surface area contributed by atoms with E-state index in [0.29, 0.717) is 0 Å². The summed E-state index contributed by atoms with van der Waals surface area (Å²) in [7, 11) is 1.72. The van der Waals surface area contributed by atoms with Crippen LogP contribution < -0.4 is 0 Å². The largest absolute Gasteiger partial charge is 0.462 e. The van der Waals surface area contributed by atoms with Crippen LogP contribution in [0.25, 0.3) is 0 Å². The van der Waals surface area contributed by atoms with Crippen LogP contribution >= 0.6 is 0 Å². The van der Waals surface area contributed by atoms with Gasteiger partial charge in [-0.1, -0.05) is 0 Å². The highest BCUT2D eigenvalue weighted by molar-refractivity contribution is 5.71. The Bertz CT molecular complexity index is 208. The van der Waals surface area contributed by atoms with E-state index >= 15 is 0 Å². The molecule has 1 atom stereocenters. The van der Waals surface area contributed by atoms with Crippen LogP contribution in [-0.2, 0) is 9.53 Å². The molecule has 0 spiro atoms. The predicted octanol–water partition coefficient (Wildman–Crippen LogP) is 0.782. The van der Waals surface area contributed by atoms with Gasteiger partial charge in [0.2, 0.25) is 0 Å². The van der Waals surface area contributed by atoms with Gasteiger partial charge in [0.25, 0.3) is 0 Å². The Balaban J connectivity index is 3.86. The molecule has 13 heavy (non-hydrogen) atoms. The van der Waals surface area contributed by atoms with Crippen LogP contribution in [0.3, 0.4) is 0 Å². The van der Waals surface area contributed by atoms with Crippen LogP contribution in [0.15, 0.2) is 0 Å². The lowest BCUT2D eigenvalue weighted by Gasteiger charge is -2.18. The van der Waals surface area contributed by atoms with Crippen LogP contribution in [0, 0.1) is 11.3 Å². The first kappa shape index (κ1) is 11.9. The van der Waals surface area contributed by atoms with Crippen molar-refractivity contribution in [2.45, 2.75) is 32.9 Å². The molecule has 0 aliphatic carbocycles. The number of carbonyl (C=O) groups is 1. The number of ether oxygens (including phenoxy) is 1. The van der Waals surface area contributed by atoms with Crippen LogP contribution in [0.1, 0.15) is 20.8 Å². The summed E-state index contributed by atoms with van der Waals surface area (Å²) in [4.78, 5) is 12.8. The average molecular weight is 184 g/mol. The Hall–Kier alpha value is -1.08. The van der Waals surface area contributed by atoms with Crippen molar-refractivity contribution in [3.8, 4) is 6.07 Å². The molecule has 0 aromatic rings. The van der Waals surface area contributed by atoms with Gasteiger partial charge in [-0.15, -0.1) is 0 Å². The van der Waals surface area contributed by atoms with Gasteiger partial charge in [-0.25, -0.2) is 0 Å². The minimum atomic E-state index is -0.292. The Morgan fingerprint density at radius 3 is 2.46 bits per heavy atom. The Labute approximate surface area is 79.1 Å². The van der Waals surface area contributed by atoms with Crippen LogP contribution in [0.4, 0.5) is 0 Å². The third-order valence-corrected chi connectivity index (χ3v) is 1.59. The van der Waals surface area contributed by atoms with E-state index in [1.807, 2.05) is 6.07 Å². The minimum Gasteiger partial charge on any atom is -0.462 e. The Kier molecular flexibility index (Phi) is 5.09. The lowest BCUT2D eigenvalue weighted by Crippen LogP contribution is -2.34. The molecule has 0 aliphatic heterocycles. The van der Waals surface area contributed by atoms with E-state index < -0.39 is 0 Å². The maximum atomic E-state index is 11.1. The fourth-order valence-electron chi connectivity index (χ4n) is 0.739. The molecule has 0 radical (unpaired) electrons. The zero-order valence-electron chi connectivity index (χ0n) is 8.57. The van der Waals surface area contributed by atoms with E-state index in [9.17, 15) is 4.79 Å². The maximum absolute atomic E-state index is 11.1. The van der Waals surface area contributed by atoms with Crippen molar-refractivity contribution in [3.63, 3.8) is 0 Å². The first-order chi connectivity index (χ1) is 5.97. The lowest BCUT2D eigenvalue weighted by molar-refractivity contribution is -0.148. The van der Waals surface area contributed by atoms with Crippen molar-refractivity contribution in [1.82, 2.24) is 4.90 Å². The molecule has 1 unspecified atom stereocenters. The molecule has 74 valence electrons. The predicted molar refractivity (Wildman–Crippen MR) is 48.9 cm³/mol. The number of carbonyl (C=O) groups excluding carboxylic acids is 1. The molecule has 0 aliphatic rings. The fraction of sp³-hybridized carbons (Fsp3) is 0.778. The number of nitrogens with zero attached hydrogens (tertiary/aromatic N) is 2. The van der Waals surface area contributed by atoms with Crippen molar-refractivity contribution in [2.24, 2.45) is 0 Å². The topological polar surface area (TPSA) is 53.3 Å². The zero-order chi connectivity index (χ0) is 10.4. The highest BCUT2D eigenvalue weighted by Crippen LogP contribution is 1.96. The van der Waals surface area contributed by atoms with Gasteiger partial charge in [0, 0.05) is 0 Å². The van der Waals surface area contributed by atoms with Gasteiger partial charge >= 0.3 is 5.97 Å². The molecule has 0 fully saturated rings. The van der Waals surface area contributed by atoms with Gasteiger partial charge in [0.15, 0.2) is 0 Å². The van der Waals surface area contributed by atoms with Gasteiger partial charge in [-0.3, -0.25) is 9.69 Å². The molecule has 0 saturated heterocycles. The molecule has 4 heteroatoms. The number of esters is 1. The molecular formula is C9H16N2O2. The van der Waals surface area contributed by atoms with Gasteiger partial charge in [-0.2, -0.15) is 5.26 Å². The Morgan fingerprint density at radius 2 is 2.08 bits per heavy atom. The van der Waals surface area contributed by atoms with Crippen LogP contribution in [-0.4, -0.2) is 36.6 Å². The van der Waals surface area contributed by atoms with E-state index in [4.69, 9.17) is 10.00 Å². The summed E-state index contributed by atoms with van der Waals surface area (Å²) in [6, 6.07) is 1.78. The summed E-state index contributed by atoms with van der Waals surface area (Å²) in [5.41, 5.74) is 0. The highest BCUT2D eigenvalue weighted by Gasteiger charge is 2.13. The number of hydrogen-bond acceptors (Lipinski definition) is 4. The molecule has 0 bridgehead atoms. The van der Waals surface area contributed by atoms with E-state index in [1.54, 1.807) is 32.7 Å². The number of likely N-dealkylation sites (N-methyl/N-ethyl adjacent to an activating group) is 1. The van der Waals surface area contributed by atoms with Crippen molar-refractivity contribution < 1.29 is 9.53 Å². The normalized spacial score (nSPS) is 12.7. The lowest BCUT2D eigenvalue weighted by atomic mass is 10.3. The molecule has 0 amide bonds. The van der Waals surface area contributed by atoms with E-state index in [-0.39, 0.29) is 24.7 Å². The third kappa shape index (κ3) is 5.21. The second-order valence-corrected chi connectivity index (χ2v) is 3.26. The van der Waals surface area contributed by atoms with Crippen molar-refractivity contribution in [3.05, 3.63) is 0 Å². The van der Waals surface area contributed by atoms with Gasteiger partial charge < -0.3 is 4.74 Å². The van der Waals surface area contributed by atoms with Crippen LogP contribution in [0.5, 0.6) is 0 Å². The minimum absolute atomic E-state index is 0.0988. The quantitative estimate of drug-likeness (QED) is 0.606. The van der Waals surface area contributed by atoms with E-state index in [2.05, 4.69) is 0 Å². The monoisotopic (exact) mass is 184 g/mol. The second-order valence-electron chi connectivity index (χ2n) is 3.26. The van der Waals surface area contributed by atoms with E-state index in [1.165, 1.54) is 0 Å². The molecule has 0 N–H and O–H groups in total. The molecule has 0 rings (SSSR count). The molecule has 4 nitrogen and oxygen atoms in total. The number of hydrogen-bond donors (Lipinski definition) is 0. The molecule has 0 aromatic carbocycles. The molecule has 0 saturated carbocycles. The first-order valence-corrected chi connectivity index (χ1v) is 4.26.